The smallest absolute Gasteiger partial charge is 0.214 e. The van der Waals surface area contributed by atoms with Gasteiger partial charge in [-0.15, -0.1) is 5.10 Å². The van der Waals surface area contributed by atoms with Crippen LogP contribution in [0.1, 0.15) is 16.1 Å². The zero-order chi connectivity index (χ0) is 12.5. The SMILES string of the molecule is Cn1nncc1C(=O)c1cccc2nccnc12. The molecule has 0 aliphatic rings. The van der Waals surface area contributed by atoms with Gasteiger partial charge in [-0.1, -0.05) is 11.3 Å². The largest absolute Gasteiger partial charge is 0.287 e. The Hall–Kier alpha value is -2.63. The monoisotopic (exact) mass is 239 g/mol. The van der Waals surface area contributed by atoms with Crippen LogP contribution in [-0.4, -0.2) is 30.7 Å². The second kappa shape index (κ2) is 3.99. The van der Waals surface area contributed by atoms with Crippen LogP contribution in [0.4, 0.5) is 0 Å². The fraction of sp³-hybridized carbons (Fsp3) is 0.0833. The van der Waals surface area contributed by atoms with Crippen LogP contribution in [0.2, 0.25) is 0 Å². The van der Waals surface area contributed by atoms with Gasteiger partial charge in [-0.05, 0) is 12.1 Å². The van der Waals surface area contributed by atoms with E-state index >= 15 is 0 Å². The van der Waals surface area contributed by atoms with E-state index in [0.29, 0.717) is 22.3 Å². The Morgan fingerprint density at radius 1 is 1.22 bits per heavy atom. The number of hydrogen-bond acceptors (Lipinski definition) is 5. The Balaban J connectivity index is 2.21. The van der Waals surface area contributed by atoms with Gasteiger partial charge in [0.2, 0.25) is 5.78 Å². The minimum absolute atomic E-state index is 0.159. The average Bonchev–Trinajstić information content (AvgIpc) is 2.83. The van der Waals surface area contributed by atoms with Crippen LogP contribution in [-0.2, 0) is 7.05 Å². The molecule has 0 atom stereocenters. The van der Waals surface area contributed by atoms with E-state index in [4.69, 9.17) is 0 Å². The van der Waals surface area contributed by atoms with Gasteiger partial charge in [-0.3, -0.25) is 14.8 Å². The fourth-order valence-electron chi connectivity index (χ4n) is 1.81. The van der Waals surface area contributed by atoms with Gasteiger partial charge in [0.1, 0.15) is 5.69 Å². The second-order valence-corrected chi connectivity index (χ2v) is 3.80. The lowest BCUT2D eigenvalue weighted by Gasteiger charge is -2.03. The van der Waals surface area contributed by atoms with Gasteiger partial charge < -0.3 is 0 Å². The second-order valence-electron chi connectivity index (χ2n) is 3.80. The summed E-state index contributed by atoms with van der Waals surface area (Å²) in [6, 6.07) is 5.33. The average molecular weight is 239 g/mol. The number of carbonyl (C=O) groups excluding carboxylic acids is 1. The van der Waals surface area contributed by atoms with E-state index < -0.39 is 0 Å². The normalized spacial score (nSPS) is 10.7. The molecule has 6 nitrogen and oxygen atoms in total. The number of aromatic nitrogens is 5. The quantitative estimate of drug-likeness (QED) is 0.623. The number of nitrogens with zero attached hydrogens (tertiary/aromatic N) is 5. The highest BCUT2D eigenvalue weighted by atomic mass is 16.1. The third-order valence-corrected chi connectivity index (χ3v) is 2.69. The lowest BCUT2D eigenvalue weighted by Crippen LogP contribution is -2.09. The van der Waals surface area contributed by atoms with Crippen molar-refractivity contribution in [1.29, 1.82) is 0 Å². The molecule has 0 N–H and O–H groups in total. The minimum Gasteiger partial charge on any atom is -0.287 e. The number of benzene rings is 1. The molecule has 1 aromatic carbocycles. The summed E-state index contributed by atoms with van der Waals surface area (Å²) in [6.07, 6.45) is 4.61. The van der Waals surface area contributed by atoms with Gasteiger partial charge in [-0.2, -0.15) is 0 Å². The first-order valence-corrected chi connectivity index (χ1v) is 5.36. The molecular formula is C12H9N5O. The lowest BCUT2D eigenvalue weighted by molar-refractivity contribution is 0.103. The Morgan fingerprint density at radius 3 is 2.83 bits per heavy atom. The van der Waals surface area contributed by atoms with Crippen molar-refractivity contribution in [1.82, 2.24) is 25.0 Å². The molecule has 0 fully saturated rings. The molecule has 0 aliphatic heterocycles. The van der Waals surface area contributed by atoms with Crippen molar-refractivity contribution in [2.75, 3.05) is 0 Å². The number of para-hydroxylation sites is 1. The first-order chi connectivity index (χ1) is 8.77. The summed E-state index contributed by atoms with van der Waals surface area (Å²) in [5.74, 6) is -0.159. The molecule has 18 heavy (non-hydrogen) atoms. The topological polar surface area (TPSA) is 73.6 Å². The summed E-state index contributed by atoms with van der Waals surface area (Å²) < 4.78 is 1.44. The van der Waals surface area contributed by atoms with Gasteiger partial charge in [0.15, 0.2) is 0 Å². The van der Waals surface area contributed by atoms with Gasteiger partial charge >= 0.3 is 0 Å². The number of fused-ring (bicyclic) bond motifs is 1. The predicted octanol–water partition coefficient (Wildman–Crippen LogP) is 0.989. The first-order valence-electron chi connectivity index (χ1n) is 5.36. The molecule has 88 valence electrons. The third kappa shape index (κ3) is 1.55. The van der Waals surface area contributed by atoms with Crippen LogP contribution in [0.25, 0.3) is 11.0 Å². The van der Waals surface area contributed by atoms with Crippen molar-refractivity contribution in [2.24, 2.45) is 7.05 Å². The summed E-state index contributed by atoms with van der Waals surface area (Å²) in [4.78, 5) is 20.8. The van der Waals surface area contributed by atoms with Crippen molar-refractivity contribution in [3.63, 3.8) is 0 Å². The number of carbonyl (C=O) groups is 1. The van der Waals surface area contributed by atoms with Crippen molar-refractivity contribution in [3.05, 3.63) is 48.0 Å². The maximum Gasteiger partial charge on any atom is 0.214 e. The standard InChI is InChI=1S/C12H9N5O/c1-17-10(7-15-16-17)12(18)8-3-2-4-9-11(8)14-6-5-13-9/h2-7H,1H3. The number of aryl methyl sites for hydroxylation is 1. The highest BCUT2D eigenvalue weighted by Gasteiger charge is 2.17. The zero-order valence-electron chi connectivity index (χ0n) is 9.61. The van der Waals surface area contributed by atoms with E-state index in [1.54, 1.807) is 31.6 Å². The molecule has 0 radical (unpaired) electrons. The number of rotatable bonds is 2. The molecule has 3 rings (SSSR count). The van der Waals surface area contributed by atoms with E-state index in [2.05, 4.69) is 20.3 Å². The van der Waals surface area contributed by atoms with E-state index in [-0.39, 0.29) is 5.78 Å². The molecule has 0 aliphatic carbocycles. The van der Waals surface area contributed by atoms with Crippen molar-refractivity contribution in [3.8, 4) is 0 Å². The summed E-state index contributed by atoms with van der Waals surface area (Å²) in [5, 5.41) is 7.46. The van der Waals surface area contributed by atoms with E-state index in [1.807, 2.05) is 6.07 Å². The molecular weight excluding hydrogens is 230 g/mol. The van der Waals surface area contributed by atoms with Gasteiger partial charge in [0.25, 0.3) is 0 Å². The van der Waals surface area contributed by atoms with Gasteiger partial charge in [0.05, 0.1) is 22.8 Å². The zero-order valence-corrected chi connectivity index (χ0v) is 9.61. The molecule has 3 aromatic rings. The number of hydrogen-bond donors (Lipinski definition) is 0. The summed E-state index contributed by atoms with van der Waals surface area (Å²) in [6.45, 7) is 0. The van der Waals surface area contributed by atoms with Crippen LogP contribution in [0.15, 0.2) is 36.8 Å². The molecule has 0 bridgehead atoms. The summed E-state index contributed by atoms with van der Waals surface area (Å²) in [7, 11) is 1.68. The Labute approximate surface area is 102 Å². The molecule has 0 saturated heterocycles. The van der Waals surface area contributed by atoms with Crippen LogP contribution in [0.3, 0.4) is 0 Å². The molecule has 2 heterocycles. The lowest BCUT2D eigenvalue weighted by atomic mass is 10.1. The molecule has 0 saturated carbocycles. The molecule has 2 aromatic heterocycles. The van der Waals surface area contributed by atoms with Crippen LogP contribution >= 0.6 is 0 Å². The van der Waals surface area contributed by atoms with Crippen molar-refractivity contribution < 1.29 is 4.79 Å². The van der Waals surface area contributed by atoms with Crippen LogP contribution in [0, 0.1) is 0 Å². The Kier molecular flexibility index (Phi) is 2.33. The molecule has 6 heteroatoms. The van der Waals surface area contributed by atoms with E-state index in [1.165, 1.54) is 10.9 Å². The highest BCUT2D eigenvalue weighted by Crippen LogP contribution is 2.17. The maximum absolute atomic E-state index is 12.4. The summed E-state index contributed by atoms with van der Waals surface area (Å²) >= 11 is 0. The van der Waals surface area contributed by atoms with E-state index in [0.717, 1.165) is 0 Å². The highest BCUT2D eigenvalue weighted by molar-refractivity contribution is 6.14. The van der Waals surface area contributed by atoms with Gasteiger partial charge in [-0.25, -0.2) is 4.68 Å². The fourth-order valence-corrected chi connectivity index (χ4v) is 1.81. The Bertz CT molecular complexity index is 729. The Morgan fingerprint density at radius 2 is 2.06 bits per heavy atom. The van der Waals surface area contributed by atoms with Crippen LogP contribution in [0.5, 0.6) is 0 Å². The molecule has 0 amide bonds. The summed E-state index contributed by atoms with van der Waals surface area (Å²) in [5.41, 5.74) is 2.21. The molecule has 0 spiro atoms. The van der Waals surface area contributed by atoms with Crippen LogP contribution < -0.4 is 0 Å². The predicted molar refractivity (Wildman–Crippen MR) is 64.0 cm³/mol. The minimum atomic E-state index is -0.159. The van der Waals surface area contributed by atoms with Crippen molar-refractivity contribution in [2.45, 2.75) is 0 Å². The third-order valence-electron chi connectivity index (χ3n) is 2.69. The maximum atomic E-state index is 12.4. The van der Waals surface area contributed by atoms with E-state index in [9.17, 15) is 4.79 Å². The van der Waals surface area contributed by atoms with Gasteiger partial charge in [0, 0.05) is 19.4 Å². The van der Waals surface area contributed by atoms with Crippen molar-refractivity contribution >= 4 is 16.8 Å². The molecule has 0 unspecified atom stereocenters. The first kappa shape index (κ1) is 10.5. The number of ketones is 1.